The van der Waals surface area contributed by atoms with Gasteiger partial charge in [-0.15, -0.1) is 0 Å². The number of rotatable bonds is 10. The molecule has 1 heterocycles. The molecule has 4 rings (SSSR count). The van der Waals surface area contributed by atoms with Gasteiger partial charge in [0.1, 0.15) is 6.34 Å². The maximum Gasteiger partial charge on any atom is 0.446 e. The summed E-state index contributed by atoms with van der Waals surface area (Å²) in [6, 6.07) is 6.60. The SMILES string of the molecule is C=NC=N/C=C(/C(=C)c1cn(Cc2ccc(SC(F)(F)F)cc2)c2c1CCC=C2)C1CCC(CCS)C1. The number of thiol groups is 1. The van der Waals surface area contributed by atoms with E-state index in [1.807, 2.05) is 6.20 Å². The quantitative estimate of drug-likeness (QED) is 0.105. The molecule has 1 fully saturated rings. The van der Waals surface area contributed by atoms with Crippen molar-refractivity contribution in [1.29, 1.82) is 0 Å². The molecule has 37 heavy (non-hydrogen) atoms. The van der Waals surface area contributed by atoms with Crippen LogP contribution in [0.15, 0.2) is 69.8 Å². The van der Waals surface area contributed by atoms with Crippen LogP contribution in [0.3, 0.4) is 0 Å². The van der Waals surface area contributed by atoms with Gasteiger partial charge in [0.05, 0.1) is 0 Å². The first-order valence-electron chi connectivity index (χ1n) is 12.5. The van der Waals surface area contributed by atoms with E-state index in [1.165, 1.54) is 30.5 Å². The zero-order valence-corrected chi connectivity index (χ0v) is 22.5. The van der Waals surface area contributed by atoms with Crippen LogP contribution in [-0.2, 0) is 13.0 Å². The van der Waals surface area contributed by atoms with Gasteiger partial charge < -0.3 is 4.57 Å². The van der Waals surface area contributed by atoms with Gasteiger partial charge in [0, 0.05) is 35.1 Å². The molecule has 0 spiro atoms. The number of nitrogens with zero attached hydrogens (tertiary/aromatic N) is 3. The molecule has 3 nitrogen and oxygen atoms in total. The molecule has 0 aliphatic heterocycles. The highest BCUT2D eigenvalue weighted by molar-refractivity contribution is 8.00. The molecule has 0 saturated heterocycles. The largest absolute Gasteiger partial charge is 0.446 e. The van der Waals surface area contributed by atoms with Crippen LogP contribution in [0.5, 0.6) is 0 Å². The molecular formula is C29H32F3N3S2. The summed E-state index contributed by atoms with van der Waals surface area (Å²) in [5.74, 6) is 1.95. The van der Waals surface area contributed by atoms with E-state index in [2.05, 4.69) is 58.8 Å². The summed E-state index contributed by atoms with van der Waals surface area (Å²) in [6.07, 6.45) is 16.2. The topological polar surface area (TPSA) is 29.6 Å². The normalized spacial score (nSPS) is 19.9. The van der Waals surface area contributed by atoms with Gasteiger partial charge in [0.25, 0.3) is 0 Å². The number of benzene rings is 1. The molecule has 0 amide bonds. The molecule has 0 radical (unpaired) electrons. The molecule has 2 unspecified atom stereocenters. The highest BCUT2D eigenvalue weighted by Gasteiger charge is 2.30. The summed E-state index contributed by atoms with van der Waals surface area (Å²) in [6.45, 7) is 8.61. The van der Waals surface area contributed by atoms with Gasteiger partial charge in [-0.05, 0) is 115 Å². The van der Waals surface area contributed by atoms with Gasteiger partial charge in [0.15, 0.2) is 0 Å². The number of alkyl halides is 3. The molecular weight excluding hydrogens is 511 g/mol. The summed E-state index contributed by atoms with van der Waals surface area (Å²) in [5, 5.41) is 0. The minimum atomic E-state index is -4.29. The molecule has 0 N–H and O–H groups in total. The summed E-state index contributed by atoms with van der Waals surface area (Å²) in [4.78, 5) is 8.32. The van der Waals surface area contributed by atoms with E-state index >= 15 is 0 Å². The molecule has 1 aromatic heterocycles. The number of hydrogen-bond acceptors (Lipinski definition) is 3. The fourth-order valence-corrected chi connectivity index (χ4v) is 6.33. The first-order chi connectivity index (χ1) is 17.8. The van der Waals surface area contributed by atoms with Crippen LogP contribution in [0.1, 0.15) is 54.5 Å². The fourth-order valence-electron chi connectivity index (χ4n) is 5.43. The summed E-state index contributed by atoms with van der Waals surface area (Å²) in [5.41, 5.74) is 2.30. The van der Waals surface area contributed by atoms with E-state index in [-0.39, 0.29) is 16.7 Å². The lowest BCUT2D eigenvalue weighted by molar-refractivity contribution is -0.0328. The Balaban J connectivity index is 1.62. The third kappa shape index (κ3) is 7.11. The lowest BCUT2D eigenvalue weighted by Crippen LogP contribution is -2.05. The van der Waals surface area contributed by atoms with Crippen molar-refractivity contribution >= 4 is 49.1 Å². The summed E-state index contributed by atoms with van der Waals surface area (Å²) < 4.78 is 40.3. The second kappa shape index (κ2) is 12.4. The molecule has 2 aromatic rings. The van der Waals surface area contributed by atoms with Crippen molar-refractivity contribution in [3.8, 4) is 0 Å². The van der Waals surface area contributed by atoms with Crippen molar-refractivity contribution < 1.29 is 13.2 Å². The van der Waals surface area contributed by atoms with Crippen LogP contribution in [0.2, 0.25) is 0 Å². The zero-order chi connectivity index (χ0) is 26.4. The van der Waals surface area contributed by atoms with Crippen LogP contribution in [0, 0.1) is 11.8 Å². The number of aliphatic imine (C=N–C) groups is 2. The average Bonchev–Trinajstić information content (AvgIpc) is 3.47. The molecule has 2 atom stereocenters. The Morgan fingerprint density at radius 1 is 1.22 bits per heavy atom. The Morgan fingerprint density at radius 2 is 2.00 bits per heavy atom. The third-order valence-electron chi connectivity index (χ3n) is 7.13. The maximum atomic E-state index is 12.7. The second-order valence-electron chi connectivity index (χ2n) is 9.57. The van der Waals surface area contributed by atoms with E-state index in [0.717, 1.165) is 65.8 Å². The predicted molar refractivity (Wildman–Crippen MR) is 154 cm³/mol. The average molecular weight is 544 g/mol. The monoisotopic (exact) mass is 543 g/mol. The minimum absolute atomic E-state index is 0.0892. The molecule has 2 aliphatic carbocycles. The van der Waals surface area contributed by atoms with E-state index in [0.29, 0.717) is 18.4 Å². The fraction of sp³-hybridized carbons (Fsp3) is 0.379. The lowest BCUT2D eigenvalue weighted by atomic mass is 9.86. The predicted octanol–water partition coefficient (Wildman–Crippen LogP) is 8.47. The number of thioether (sulfide) groups is 1. The molecule has 2 aliphatic rings. The first-order valence-corrected chi connectivity index (χ1v) is 13.9. The lowest BCUT2D eigenvalue weighted by Gasteiger charge is -2.19. The van der Waals surface area contributed by atoms with Gasteiger partial charge in [-0.2, -0.15) is 25.8 Å². The smallest absolute Gasteiger partial charge is 0.343 e. The summed E-state index contributed by atoms with van der Waals surface area (Å²) >= 11 is 4.34. The van der Waals surface area contributed by atoms with Gasteiger partial charge in [-0.1, -0.05) is 24.8 Å². The molecule has 8 heteroatoms. The van der Waals surface area contributed by atoms with Crippen LogP contribution in [0.25, 0.3) is 11.6 Å². The van der Waals surface area contributed by atoms with Gasteiger partial charge in [0.2, 0.25) is 0 Å². The number of halogens is 3. The van der Waals surface area contributed by atoms with Crippen molar-refractivity contribution in [2.24, 2.45) is 21.8 Å². The number of allylic oxidation sites excluding steroid dienone is 3. The van der Waals surface area contributed by atoms with Crippen molar-refractivity contribution in [2.75, 3.05) is 5.75 Å². The van der Waals surface area contributed by atoms with Gasteiger partial charge in [-0.3, -0.25) is 4.99 Å². The molecule has 1 aromatic carbocycles. The van der Waals surface area contributed by atoms with E-state index in [4.69, 9.17) is 0 Å². The van der Waals surface area contributed by atoms with Crippen LogP contribution in [-0.4, -0.2) is 28.9 Å². The number of fused-ring (bicyclic) bond motifs is 1. The standard InChI is InChI=1S/C29H32F3N3S2/c1-20(26(16-34-19-33-2)23-10-7-21(15-23)13-14-36)27-18-35(28-6-4-3-5-25(27)28)17-22-8-11-24(12-9-22)37-29(30,31)32/h4,6,8-9,11-12,16,18-19,21,23,36H,1-3,5,7,10,13-15,17H2/b26-16-,34-19?. The Kier molecular flexibility index (Phi) is 9.24. The zero-order valence-electron chi connectivity index (χ0n) is 20.8. The Morgan fingerprint density at radius 3 is 2.70 bits per heavy atom. The Labute approximate surface area is 226 Å². The van der Waals surface area contributed by atoms with E-state index < -0.39 is 5.51 Å². The van der Waals surface area contributed by atoms with Crippen molar-refractivity contribution in [3.63, 3.8) is 0 Å². The van der Waals surface area contributed by atoms with Crippen LogP contribution in [0.4, 0.5) is 13.2 Å². The van der Waals surface area contributed by atoms with Crippen molar-refractivity contribution in [1.82, 2.24) is 4.57 Å². The van der Waals surface area contributed by atoms with Crippen LogP contribution >= 0.6 is 24.4 Å². The molecule has 196 valence electrons. The minimum Gasteiger partial charge on any atom is -0.343 e. The second-order valence-corrected chi connectivity index (χ2v) is 11.2. The summed E-state index contributed by atoms with van der Waals surface area (Å²) in [7, 11) is 0. The van der Waals surface area contributed by atoms with Crippen LogP contribution < -0.4 is 0 Å². The Bertz CT molecular complexity index is 1210. The number of hydrogen-bond donors (Lipinski definition) is 1. The van der Waals surface area contributed by atoms with Crippen molar-refractivity contribution in [2.45, 2.75) is 55.5 Å². The highest BCUT2D eigenvalue weighted by atomic mass is 32.2. The molecule has 1 saturated carbocycles. The van der Waals surface area contributed by atoms with Crippen molar-refractivity contribution in [3.05, 3.63) is 77.3 Å². The first kappa shape index (κ1) is 27.6. The van der Waals surface area contributed by atoms with Gasteiger partial charge >= 0.3 is 5.51 Å². The van der Waals surface area contributed by atoms with E-state index in [9.17, 15) is 13.2 Å². The molecule has 0 bridgehead atoms. The van der Waals surface area contributed by atoms with Gasteiger partial charge in [-0.25, -0.2) is 4.99 Å². The number of aromatic nitrogens is 1. The third-order valence-corrected chi connectivity index (χ3v) is 8.13. The Hall–Kier alpha value is -2.45. The van der Waals surface area contributed by atoms with E-state index in [1.54, 1.807) is 12.1 Å². The highest BCUT2D eigenvalue weighted by Crippen LogP contribution is 2.44. The maximum absolute atomic E-state index is 12.7.